The summed E-state index contributed by atoms with van der Waals surface area (Å²) in [6.07, 6.45) is 11.1. The molecule has 2 heterocycles. The third-order valence-electron chi connectivity index (χ3n) is 2.96. The predicted octanol–water partition coefficient (Wildman–Crippen LogP) is 1.45. The van der Waals surface area contributed by atoms with Gasteiger partial charge in [-0.3, -0.25) is 4.79 Å². The quantitative estimate of drug-likeness (QED) is 0.775. The van der Waals surface area contributed by atoms with Crippen LogP contribution in [0.1, 0.15) is 35.8 Å². The average molecular weight is 273 g/mol. The Morgan fingerprint density at radius 1 is 1.40 bits per heavy atom. The van der Waals surface area contributed by atoms with Gasteiger partial charge in [-0.15, -0.1) is 0 Å². The zero-order valence-electron chi connectivity index (χ0n) is 11.6. The number of imidazole rings is 1. The normalized spacial score (nSPS) is 10.4. The van der Waals surface area contributed by atoms with Crippen molar-refractivity contribution in [3.8, 4) is 0 Å². The van der Waals surface area contributed by atoms with Gasteiger partial charge >= 0.3 is 0 Å². The summed E-state index contributed by atoms with van der Waals surface area (Å²) in [4.78, 5) is 24.2. The zero-order chi connectivity index (χ0) is 14.2. The lowest BCUT2D eigenvalue weighted by atomic mass is 10.1. The molecule has 0 aliphatic carbocycles. The van der Waals surface area contributed by atoms with E-state index in [9.17, 15) is 4.79 Å². The molecule has 1 N–H and O–H groups in total. The Morgan fingerprint density at radius 3 is 3.05 bits per heavy atom. The van der Waals surface area contributed by atoms with Gasteiger partial charge in [0.15, 0.2) is 0 Å². The lowest BCUT2D eigenvalue weighted by molar-refractivity contribution is 0.0951. The van der Waals surface area contributed by atoms with E-state index in [4.69, 9.17) is 0 Å². The van der Waals surface area contributed by atoms with Gasteiger partial charge in [0, 0.05) is 31.7 Å². The maximum atomic E-state index is 12.1. The number of nitrogens with zero attached hydrogens (tertiary/aromatic N) is 4. The molecule has 0 saturated heterocycles. The molecule has 0 aliphatic heterocycles. The molecule has 20 heavy (non-hydrogen) atoms. The molecule has 6 nitrogen and oxygen atoms in total. The molecule has 0 aromatic carbocycles. The molecule has 2 aromatic rings. The van der Waals surface area contributed by atoms with Gasteiger partial charge in [-0.25, -0.2) is 15.0 Å². The molecule has 2 rings (SSSR count). The summed E-state index contributed by atoms with van der Waals surface area (Å²) in [5.41, 5.74) is 1.39. The van der Waals surface area contributed by atoms with Crippen molar-refractivity contribution in [3.63, 3.8) is 0 Å². The van der Waals surface area contributed by atoms with E-state index in [2.05, 4.69) is 27.2 Å². The molecule has 106 valence electrons. The average Bonchev–Trinajstić information content (AvgIpc) is 2.97. The molecule has 0 unspecified atom stereocenters. The minimum Gasteiger partial charge on any atom is -0.352 e. The summed E-state index contributed by atoms with van der Waals surface area (Å²) < 4.78 is 1.99. The minimum atomic E-state index is -0.0975. The second-order valence-electron chi connectivity index (χ2n) is 4.54. The molecule has 0 saturated carbocycles. The molecule has 1 amide bonds. The first-order valence-corrected chi connectivity index (χ1v) is 6.84. The molecule has 0 bridgehead atoms. The van der Waals surface area contributed by atoms with Crippen molar-refractivity contribution >= 4 is 5.91 Å². The van der Waals surface area contributed by atoms with Crippen LogP contribution in [0.2, 0.25) is 0 Å². The van der Waals surface area contributed by atoms with E-state index in [0.29, 0.717) is 12.1 Å². The summed E-state index contributed by atoms with van der Waals surface area (Å²) in [6.45, 7) is 3.53. The number of hydrogen-bond donors (Lipinski definition) is 1. The van der Waals surface area contributed by atoms with Crippen LogP contribution in [0.3, 0.4) is 0 Å². The van der Waals surface area contributed by atoms with Crippen molar-refractivity contribution in [3.05, 3.63) is 42.5 Å². The van der Waals surface area contributed by atoms with Crippen LogP contribution in [0.25, 0.3) is 0 Å². The lowest BCUT2D eigenvalue weighted by Gasteiger charge is -2.08. The van der Waals surface area contributed by atoms with Gasteiger partial charge in [-0.05, 0) is 12.8 Å². The van der Waals surface area contributed by atoms with Crippen molar-refractivity contribution < 1.29 is 4.79 Å². The summed E-state index contributed by atoms with van der Waals surface area (Å²) in [7, 11) is 0. The van der Waals surface area contributed by atoms with Crippen molar-refractivity contribution in [1.29, 1.82) is 0 Å². The second kappa shape index (κ2) is 7.37. The molecule has 0 atom stereocenters. The van der Waals surface area contributed by atoms with Gasteiger partial charge in [0.25, 0.3) is 5.91 Å². The van der Waals surface area contributed by atoms with Crippen LogP contribution in [0, 0.1) is 0 Å². The molecule has 0 radical (unpaired) electrons. The Balaban J connectivity index is 1.82. The molecule has 0 aliphatic rings. The monoisotopic (exact) mass is 273 g/mol. The highest BCUT2D eigenvalue weighted by Crippen LogP contribution is 2.06. The Morgan fingerprint density at radius 2 is 2.30 bits per heavy atom. The van der Waals surface area contributed by atoms with Crippen molar-refractivity contribution in [2.24, 2.45) is 0 Å². The van der Waals surface area contributed by atoms with Crippen molar-refractivity contribution in [2.45, 2.75) is 32.7 Å². The van der Waals surface area contributed by atoms with E-state index in [-0.39, 0.29) is 5.91 Å². The van der Waals surface area contributed by atoms with Crippen LogP contribution in [0.5, 0.6) is 0 Å². The molecule has 6 heteroatoms. The second-order valence-corrected chi connectivity index (χ2v) is 4.54. The first-order chi connectivity index (χ1) is 9.81. The number of carbonyl (C=O) groups excluding carboxylic acids is 1. The third kappa shape index (κ3) is 3.88. The fraction of sp³-hybridized carbons (Fsp3) is 0.429. The van der Waals surface area contributed by atoms with E-state index in [1.807, 2.05) is 10.8 Å². The maximum absolute atomic E-state index is 12.1. The number of aryl methyl sites for hydroxylation is 2. The third-order valence-corrected chi connectivity index (χ3v) is 2.96. The Hall–Kier alpha value is -2.24. The zero-order valence-corrected chi connectivity index (χ0v) is 11.6. The Labute approximate surface area is 118 Å². The standard InChI is InChI=1S/C14H19N5O/c1-2-4-13-12(9-16-10-18-13)14(20)17-5-3-7-19-8-6-15-11-19/h6,8-11H,2-5,7H2,1H3,(H,17,20). The fourth-order valence-electron chi connectivity index (χ4n) is 1.96. The van der Waals surface area contributed by atoms with Gasteiger partial charge < -0.3 is 9.88 Å². The Kier molecular flexibility index (Phi) is 5.23. The van der Waals surface area contributed by atoms with E-state index in [1.54, 1.807) is 18.7 Å². The van der Waals surface area contributed by atoms with Crippen molar-refractivity contribution in [2.75, 3.05) is 6.54 Å². The highest BCUT2D eigenvalue weighted by atomic mass is 16.1. The van der Waals surface area contributed by atoms with Crippen LogP contribution < -0.4 is 5.32 Å². The number of nitrogens with one attached hydrogen (secondary N) is 1. The van der Waals surface area contributed by atoms with E-state index >= 15 is 0 Å². The number of hydrogen-bond acceptors (Lipinski definition) is 4. The summed E-state index contributed by atoms with van der Waals surface area (Å²) in [5.74, 6) is -0.0975. The smallest absolute Gasteiger partial charge is 0.254 e. The van der Waals surface area contributed by atoms with Gasteiger partial charge in [0.1, 0.15) is 6.33 Å². The SMILES string of the molecule is CCCc1ncncc1C(=O)NCCCn1ccnc1. The van der Waals surface area contributed by atoms with Gasteiger partial charge in [-0.1, -0.05) is 13.3 Å². The van der Waals surface area contributed by atoms with Gasteiger partial charge in [0.05, 0.1) is 17.6 Å². The molecular formula is C14H19N5O. The van der Waals surface area contributed by atoms with Crippen LogP contribution in [0.4, 0.5) is 0 Å². The molecule has 2 aromatic heterocycles. The Bertz CT molecular complexity index is 538. The van der Waals surface area contributed by atoms with E-state index in [1.165, 1.54) is 6.33 Å². The fourth-order valence-corrected chi connectivity index (χ4v) is 1.96. The van der Waals surface area contributed by atoms with E-state index < -0.39 is 0 Å². The van der Waals surface area contributed by atoms with Crippen LogP contribution in [-0.4, -0.2) is 32.0 Å². The summed E-state index contributed by atoms with van der Waals surface area (Å²) in [5, 5.41) is 2.91. The molecule has 0 fully saturated rings. The molecule has 0 spiro atoms. The number of carbonyl (C=O) groups is 1. The topological polar surface area (TPSA) is 72.7 Å². The number of rotatable bonds is 7. The summed E-state index contributed by atoms with van der Waals surface area (Å²) >= 11 is 0. The first-order valence-electron chi connectivity index (χ1n) is 6.84. The lowest BCUT2D eigenvalue weighted by Crippen LogP contribution is -2.26. The summed E-state index contributed by atoms with van der Waals surface area (Å²) in [6, 6.07) is 0. The molecular weight excluding hydrogens is 254 g/mol. The van der Waals surface area contributed by atoms with Crippen molar-refractivity contribution in [1.82, 2.24) is 24.8 Å². The van der Waals surface area contributed by atoms with Crippen LogP contribution >= 0.6 is 0 Å². The van der Waals surface area contributed by atoms with Crippen LogP contribution in [0.15, 0.2) is 31.2 Å². The van der Waals surface area contributed by atoms with Gasteiger partial charge in [0.2, 0.25) is 0 Å². The maximum Gasteiger partial charge on any atom is 0.254 e. The van der Waals surface area contributed by atoms with Crippen LogP contribution in [-0.2, 0) is 13.0 Å². The number of aromatic nitrogens is 4. The number of amides is 1. The largest absolute Gasteiger partial charge is 0.352 e. The highest BCUT2D eigenvalue weighted by Gasteiger charge is 2.11. The first kappa shape index (κ1) is 14.2. The predicted molar refractivity (Wildman–Crippen MR) is 75.2 cm³/mol. The minimum absolute atomic E-state index is 0.0975. The van der Waals surface area contributed by atoms with E-state index in [0.717, 1.165) is 31.5 Å². The van der Waals surface area contributed by atoms with Gasteiger partial charge in [-0.2, -0.15) is 0 Å². The highest BCUT2D eigenvalue weighted by molar-refractivity contribution is 5.94.